The molecule has 0 aliphatic carbocycles. The first-order chi connectivity index (χ1) is 11.5. The third kappa shape index (κ3) is 3.88. The number of carbonyl (C=O) groups excluding carboxylic acids is 1. The van der Waals surface area contributed by atoms with Crippen molar-refractivity contribution in [3.63, 3.8) is 0 Å². The molecule has 0 atom stereocenters. The zero-order valence-corrected chi connectivity index (χ0v) is 15.8. The molecule has 6 heteroatoms. The zero-order valence-electron chi connectivity index (χ0n) is 12.6. The number of carbonyl (C=O) groups is 1. The number of benzene rings is 2. The number of phenolic OH excluding ortho intramolecular Hbond substituents is 1. The predicted molar refractivity (Wildman–Crippen MR) is 106 cm³/mol. The molecule has 1 fully saturated rings. The van der Waals surface area contributed by atoms with Crippen molar-refractivity contribution in [1.29, 1.82) is 0 Å². The van der Waals surface area contributed by atoms with Gasteiger partial charge in [-0.15, -0.1) is 0 Å². The molecule has 2 aromatic carbocycles. The van der Waals surface area contributed by atoms with E-state index in [9.17, 15) is 9.90 Å². The van der Waals surface area contributed by atoms with Crippen molar-refractivity contribution >= 4 is 56.2 Å². The number of aromatic hydroxyl groups is 1. The summed E-state index contributed by atoms with van der Waals surface area (Å²) in [4.78, 5) is 14.7. The molecule has 24 heavy (non-hydrogen) atoms. The Hall–Kier alpha value is -1.63. The van der Waals surface area contributed by atoms with Gasteiger partial charge in [0, 0.05) is 16.6 Å². The Balaban J connectivity index is 1.76. The third-order valence-corrected chi connectivity index (χ3v) is 5.49. The van der Waals surface area contributed by atoms with Crippen LogP contribution in [0.4, 0.5) is 0 Å². The van der Waals surface area contributed by atoms with Crippen LogP contribution < -0.4 is 0 Å². The molecule has 1 saturated heterocycles. The van der Waals surface area contributed by atoms with Crippen LogP contribution >= 0.6 is 39.9 Å². The molecule has 0 aromatic heterocycles. The Morgan fingerprint density at radius 2 is 1.96 bits per heavy atom. The van der Waals surface area contributed by atoms with Crippen LogP contribution in [-0.4, -0.2) is 26.8 Å². The van der Waals surface area contributed by atoms with Gasteiger partial charge in [0.25, 0.3) is 5.91 Å². The highest BCUT2D eigenvalue weighted by molar-refractivity contribution is 9.10. The number of phenols is 1. The van der Waals surface area contributed by atoms with E-state index in [1.54, 1.807) is 29.2 Å². The maximum absolute atomic E-state index is 12.6. The monoisotopic (exact) mass is 419 g/mol. The second kappa shape index (κ2) is 7.51. The summed E-state index contributed by atoms with van der Waals surface area (Å²) in [6.45, 7) is 0.552. The van der Waals surface area contributed by atoms with Gasteiger partial charge in [0.1, 0.15) is 10.1 Å². The lowest BCUT2D eigenvalue weighted by atomic mass is 10.1. The highest BCUT2D eigenvalue weighted by Crippen LogP contribution is 2.34. The molecule has 0 radical (unpaired) electrons. The van der Waals surface area contributed by atoms with Gasteiger partial charge in [-0.1, -0.05) is 70.2 Å². The molecule has 1 heterocycles. The van der Waals surface area contributed by atoms with Crippen LogP contribution in [0.15, 0.2) is 57.9 Å². The lowest BCUT2D eigenvalue weighted by molar-refractivity contribution is -0.122. The summed E-state index contributed by atoms with van der Waals surface area (Å²) in [5, 5.41) is 9.93. The van der Waals surface area contributed by atoms with Crippen LogP contribution in [0.25, 0.3) is 6.08 Å². The van der Waals surface area contributed by atoms with Gasteiger partial charge >= 0.3 is 0 Å². The van der Waals surface area contributed by atoms with Crippen LogP contribution in [0.1, 0.15) is 11.1 Å². The topological polar surface area (TPSA) is 40.5 Å². The van der Waals surface area contributed by atoms with E-state index in [2.05, 4.69) is 15.9 Å². The maximum atomic E-state index is 12.6. The van der Waals surface area contributed by atoms with Crippen molar-refractivity contribution in [3.05, 3.63) is 69.0 Å². The van der Waals surface area contributed by atoms with Crippen LogP contribution in [-0.2, 0) is 11.2 Å². The third-order valence-electron chi connectivity index (χ3n) is 3.62. The normalized spacial score (nSPS) is 16.2. The van der Waals surface area contributed by atoms with E-state index >= 15 is 0 Å². The van der Waals surface area contributed by atoms with Crippen molar-refractivity contribution in [2.24, 2.45) is 0 Å². The second-order valence-corrected chi connectivity index (χ2v) is 7.86. The molecule has 1 amide bonds. The molecule has 0 unspecified atom stereocenters. The Bertz CT molecular complexity index is 821. The molecule has 0 bridgehead atoms. The quantitative estimate of drug-likeness (QED) is 0.580. The minimum Gasteiger partial charge on any atom is -0.507 e. The van der Waals surface area contributed by atoms with Crippen LogP contribution in [0.5, 0.6) is 5.75 Å². The van der Waals surface area contributed by atoms with Gasteiger partial charge in [0.2, 0.25) is 0 Å². The standard InChI is InChI=1S/C18H14BrNO2S2/c19-14-6-7-15(21)13(10-14)11-16-17(22)20(18(23)24-16)9-8-12-4-2-1-3-5-12/h1-7,10-11,21H,8-9H2/b16-11-. The van der Waals surface area contributed by atoms with E-state index < -0.39 is 0 Å². The van der Waals surface area contributed by atoms with E-state index in [-0.39, 0.29) is 11.7 Å². The highest BCUT2D eigenvalue weighted by atomic mass is 79.9. The molecule has 1 aliphatic rings. The van der Waals surface area contributed by atoms with E-state index in [0.717, 1.165) is 10.9 Å². The summed E-state index contributed by atoms with van der Waals surface area (Å²) in [6.07, 6.45) is 2.44. The number of thioether (sulfide) groups is 1. The van der Waals surface area contributed by atoms with Gasteiger partial charge in [-0.3, -0.25) is 9.69 Å². The van der Waals surface area contributed by atoms with Crippen molar-refractivity contribution in [3.8, 4) is 5.75 Å². The van der Waals surface area contributed by atoms with Crippen molar-refractivity contribution in [2.45, 2.75) is 6.42 Å². The molecule has 0 spiro atoms. The van der Waals surface area contributed by atoms with Gasteiger partial charge in [-0.25, -0.2) is 0 Å². The molecule has 122 valence electrons. The SMILES string of the molecule is O=C1/C(=C/c2cc(Br)ccc2O)SC(=S)N1CCc1ccccc1. The zero-order chi connectivity index (χ0) is 17.1. The Labute approximate surface area is 158 Å². The van der Waals surface area contributed by atoms with Gasteiger partial charge in [0.05, 0.1) is 4.91 Å². The Morgan fingerprint density at radius 1 is 1.21 bits per heavy atom. The number of halogens is 1. The fourth-order valence-electron chi connectivity index (χ4n) is 2.36. The van der Waals surface area contributed by atoms with Crippen molar-refractivity contribution in [2.75, 3.05) is 6.54 Å². The summed E-state index contributed by atoms with van der Waals surface area (Å²) in [7, 11) is 0. The first-order valence-electron chi connectivity index (χ1n) is 7.32. The molecule has 3 rings (SSSR count). The molecule has 1 aliphatic heterocycles. The number of rotatable bonds is 4. The second-order valence-electron chi connectivity index (χ2n) is 5.27. The predicted octanol–water partition coefficient (Wildman–Crippen LogP) is 4.60. The molecule has 1 N–H and O–H groups in total. The fourth-order valence-corrected chi connectivity index (χ4v) is 4.04. The lowest BCUT2D eigenvalue weighted by Gasteiger charge is -2.14. The van der Waals surface area contributed by atoms with Crippen molar-refractivity contribution in [1.82, 2.24) is 4.90 Å². The first kappa shape index (κ1) is 17.2. The maximum Gasteiger partial charge on any atom is 0.266 e. The number of hydrogen-bond acceptors (Lipinski definition) is 4. The van der Waals surface area contributed by atoms with E-state index in [4.69, 9.17) is 12.2 Å². The summed E-state index contributed by atoms with van der Waals surface area (Å²) in [5.74, 6) is 0.0214. The molecule has 2 aromatic rings. The molecule has 0 saturated carbocycles. The molecule has 3 nitrogen and oxygen atoms in total. The van der Waals surface area contributed by atoms with Gasteiger partial charge in [-0.05, 0) is 36.3 Å². The number of hydrogen-bond donors (Lipinski definition) is 1. The lowest BCUT2D eigenvalue weighted by Crippen LogP contribution is -2.30. The van der Waals surface area contributed by atoms with E-state index in [1.165, 1.54) is 17.3 Å². The Kier molecular flexibility index (Phi) is 5.38. The highest BCUT2D eigenvalue weighted by Gasteiger charge is 2.31. The summed E-state index contributed by atoms with van der Waals surface area (Å²) in [5.41, 5.74) is 1.76. The van der Waals surface area contributed by atoms with Crippen LogP contribution in [0, 0.1) is 0 Å². The summed E-state index contributed by atoms with van der Waals surface area (Å²) < 4.78 is 1.39. The van der Waals surface area contributed by atoms with Crippen LogP contribution in [0.3, 0.4) is 0 Å². The van der Waals surface area contributed by atoms with E-state index in [1.807, 2.05) is 30.3 Å². The molecular formula is C18H14BrNO2S2. The van der Waals surface area contributed by atoms with Crippen molar-refractivity contribution < 1.29 is 9.90 Å². The largest absolute Gasteiger partial charge is 0.507 e. The fraction of sp³-hybridized carbons (Fsp3) is 0.111. The average molecular weight is 420 g/mol. The number of amides is 1. The number of nitrogens with zero attached hydrogens (tertiary/aromatic N) is 1. The minimum atomic E-state index is -0.111. The number of thiocarbonyl (C=S) groups is 1. The van der Waals surface area contributed by atoms with Gasteiger partial charge < -0.3 is 5.11 Å². The van der Waals surface area contributed by atoms with Gasteiger partial charge in [-0.2, -0.15) is 0 Å². The minimum absolute atomic E-state index is 0.111. The Morgan fingerprint density at radius 3 is 2.71 bits per heavy atom. The summed E-state index contributed by atoms with van der Waals surface area (Å²) >= 11 is 9.98. The van der Waals surface area contributed by atoms with Crippen LogP contribution in [0.2, 0.25) is 0 Å². The smallest absolute Gasteiger partial charge is 0.266 e. The van der Waals surface area contributed by atoms with Gasteiger partial charge in [0.15, 0.2) is 0 Å². The van der Waals surface area contributed by atoms with E-state index in [0.29, 0.717) is 21.3 Å². The molecular weight excluding hydrogens is 406 g/mol. The first-order valence-corrected chi connectivity index (χ1v) is 9.34. The summed E-state index contributed by atoms with van der Waals surface area (Å²) in [6, 6.07) is 15.1. The average Bonchev–Trinajstić information content (AvgIpc) is 2.84.